The molecule has 0 unspecified atom stereocenters. The number of hydrogen-bond donors (Lipinski definition) is 0. The number of hydrazine groups is 1. The van der Waals surface area contributed by atoms with E-state index in [0.717, 1.165) is 0 Å². The fourth-order valence-electron chi connectivity index (χ4n) is 2.00. The van der Waals surface area contributed by atoms with Gasteiger partial charge in [-0.25, -0.2) is 10.0 Å². The van der Waals surface area contributed by atoms with Gasteiger partial charge in [0.05, 0.1) is 0 Å². The van der Waals surface area contributed by atoms with Crippen LogP contribution < -0.4 is 0 Å². The molecule has 2 nitrogen and oxygen atoms in total. The van der Waals surface area contributed by atoms with Crippen LogP contribution in [0.5, 0.6) is 0 Å². The second kappa shape index (κ2) is 4.49. The number of hydrogen-bond acceptors (Lipinski definition) is 3. The summed E-state index contributed by atoms with van der Waals surface area (Å²) in [7, 11) is 0. The van der Waals surface area contributed by atoms with Crippen LogP contribution in [-0.4, -0.2) is 47.7 Å². The molecular weight excluding hydrogens is 168 g/mol. The van der Waals surface area contributed by atoms with Crippen molar-refractivity contribution >= 4 is 11.8 Å². The van der Waals surface area contributed by atoms with E-state index in [1.165, 1.54) is 56.9 Å². The second-order valence-electron chi connectivity index (χ2n) is 3.58. The average Bonchev–Trinajstić information content (AvgIpc) is 2.21. The van der Waals surface area contributed by atoms with Gasteiger partial charge in [-0.3, -0.25) is 0 Å². The van der Waals surface area contributed by atoms with Gasteiger partial charge in [-0.2, -0.15) is 11.8 Å². The van der Waals surface area contributed by atoms with Crippen molar-refractivity contribution in [3.63, 3.8) is 0 Å². The summed E-state index contributed by atoms with van der Waals surface area (Å²) in [5.74, 6) is 2.66. The molecule has 0 radical (unpaired) electrons. The van der Waals surface area contributed by atoms with Crippen LogP contribution >= 0.6 is 11.8 Å². The Morgan fingerprint density at radius 3 is 1.92 bits per heavy atom. The Morgan fingerprint density at radius 1 is 0.667 bits per heavy atom. The summed E-state index contributed by atoms with van der Waals surface area (Å²) in [5.41, 5.74) is 0. The van der Waals surface area contributed by atoms with Gasteiger partial charge in [0, 0.05) is 37.7 Å². The lowest BCUT2D eigenvalue weighted by Crippen LogP contribution is -2.49. The third-order valence-corrected chi connectivity index (χ3v) is 3.66. The van der Waals surface area contributed by atoms with Gasteiger partial charge in [-0.05, 0) is 12.8 Å². The van der Waals surface area contributed by atoms with Gasteiger partial charge in [0.15, 0.2) is 0 Å². The highest BCUT2D eigenvalue weighted by molar-refractivity contribution is 7.99. The van der Waals surface area contributed by atoms with Crippen molar-refractivity contribution in [2.75, 3.05) is 37.7 Å². The van der Waals surface area contributed by atoms with Gasteiger partial charge in [0.2, 0.25) is 0 Å². The van der Waals surface area contributed by atoms with E-state index < -0.39 is 0 Å². The monoisotopic (exact) mass is 186 g/mol. The molecule has 2 saturated heterocycles. The lowest BCUT2D eigenvalue weighted by atomic mass is 10.2. The molecule has 12 heavy (non-hydrogen) atoms. The van der Waals surface area contributed by atoms with Gasteiger partial charge < -0.3 is 0 Å². The molecule has 0 atom stereocenters. The molecular formula is C9H18N2S. The van der Waals surface area contributed by atoms with Gasteiger partial charge >= 0.3 is 0 Å². The zero-order chi connectivity index (χ0) is 8.23. The molecule has 0 amide bonds. The first kappa shape index (κ1) is 8.85. The van der Waals surface area contributed by atoms with Gasteiger partial charge in [0.25, 0.3) is 0 Å². The third kappa shape index (κ3) is 2.15. The molecule has 2 aliphatic heterocycles. The maximum Gasteiger partial charge on any atom is 0.0224 e. The smallest absolute Gasteiger partial charge is 0.0224 e. The standard InChI is InChI=1S/C9H18N2S/c1-2-4-10(5-3-1)11-6-8-12-9-7-11/h1-9H2. The Bertz CT molecular complexity index is 112. The summed E-state index contributed by atoms with van der Waals surface area (Å²) in [6, 6.07) is 0. The topological polar surface area (TPSA) is 6.48 Å². The predicted octanol–water partition coefficient (Wildman–Crippen LogP) is 1.44. The molecule has 0 bridgehead atoms. The minimum Gasteiger partial charge on any atom is -0.242 e. The average molecular weight is 186 g/mol. The summed E-state index contributed by atoms with van der Waals surface area (Å²) in [6.07, 6.45) is 4.26. The molecule has 2 heterocycles. The van der Waals surface area contributed by atoms with Gasteiger partial charge in [-0.15, -0.1) is 0 Å². The highest BCUT2D eigenvalue weighted by Crippen LogP contribution is 2.16. The first-order chi connectivity index (χ1) is 5.97. The van der Waals surface area contributed by atoms with Crippen LogP contribution in [0.3, 0.4) is 0 Å². The molecule has 0 spiro atoms. The van der Waals surface area contributed by atoms with Crippen LogP contribution in [0.15, 0.2) is 0 Å². The molecule has 0 aliphatic carbocycles. The van der Waals surface area contributed by atoms with Crippen LogP contribution in [0.25, 0.3) is 0 Å². The van der Waals surface area contributed by atoms with Crippen molar-refractivity contribution in [1.82, 2.24) is 10.0 Å². The lowest BCUT2D eigenvalue weighted by Gasteiger charge is -2.39. The Morgan fingerprint density at radius 2 is 1.25 bits per heavy atom. The molecule has 0 N–H and O–H groups in total. The summed E-state index contributed by atoms with van der Waals surface area (Å²) >= 11 is 2.09. The normalized spacial score (nSPS) is 29.0. The van der Waals surface area contributed by atoms with E-state index in [1.807, 2.05) is 0 Å². The van der Waals surface area contributed by atoms with Crippen molar-refractivity contribution in [2.45, 2.75) is 19.3 Å². The Balaban J connectivity index is 1.80. The quantitative estimate of drug-likeness (QED) is 0.612. The zero-order valence-corrected chi connectivity index (χ0v) is 8.48. The van der Waals surface area contributed by atoms with E-state index in [-0.39, 0.29) is 0 Å². The Hall–Kier alpha value is 0.270. The van der Waals surface area contributed by atoms with Crippen molar-refractivity contribution in [2.24, 2.45) is 0 Å². The predicted molar refractivity (Wildman–Crippen MR) is 54.3 cm³/mol. The van der Waals surface area contributed by atoms with Crippen LogP contribution in [0, 0.1) is 0 Å². The summed E-state index contributed by atoms with van der Waals surface area (Å²) < 4.78 is 0. The van der Waals surface area contributed by atoms with E-state index in [2.05, 4.69) is 21.8 Å². The van der Waals surface area contributed by atoms with Gasteiger partial charge in [-0.1, -0.05) is 6.42 Å². The minimum absolute atomic E-state index is 1.28. The first-order valence-electron chi connectivity index (χ1n) is 5.04. The minimum atomic E-state index is 1.28. The number of nitrogens with zero attached hydrogens (tertiary/aromatic N) is 2. The second-order valence-corrected chi connectivity index (χ2v) is 4.81. The maximum absolute atomic E-state index is 2.57. The van der Waals surface area contributed by atoms with Crippen molar-refractivity contribution < 1.29 is 0 Å². The SMILES string of the molecule is C1CCN(N2CCSCC2)CC1. The van der Waals surface area contributed by atoms with Crippen molar-refractivity contribution in [3.8, 4) is 0 Å². The molecule has 2 fully saturated rings. The largest absolute Gasteiger partial charge is 0.242 e. The molecule has 0 aromatic carbocycles. The summed E-state index contributed by atoms with van der Waals surface area (Å²) in [4.78, 5) is 0. The summed E-state index contributed by atoms with van der Waals surface area (Å²) in [6.45, 7) is 5.19. The summed E-state index contributed by atoms with van der Waals surface area (Å²) in [5, 5.41) is 5.14. The molecule has 0 saturated carbocycles. The third-order valence-electron chi connectivity index (χ3n) is 2.72. The number of rotatable bonds is 1. The fraction of sp³-hybridized carbons (Fsp3) is 1.00. The van der Waals surface area contributed by atoms with Crippen LogP contribution in [0.1, 0.15) is 19.3 Å². The number of piperidine rings is 1. The van der Waals surface area contributed by atoms with Gasteiger partial charge in [0.1, 0.15) is 0 Å². The fourth-order valence-corrected chi connectivity index (χ4v) is 2.88. The molecule has 70 valence electrons. The van der Waals surface area contributed by atoms with Crippen molar-refractivity contribution in [1.29, 1.82) is 0 Å². The van der Waals surface area contributed by atoms with Crippen LogP contribution in [-0.2, 0) is 0 Å². The van der Waals surface area contributed by atoms with E-state index in [4.69, 9.17) is 0 Å². The van der Waals surface area contributed by atoms with Crippen LogP contribution in [0.4, 0.5) is 0 Å². The highest BCUT2D eigenvalue weighted by atomic mass is 32.2. The number of thioether (sulfide) groups is 1. The molecule has 2 aliphatic rings. The Kier molecular flexibility index (Phi) is 3.31. The first-order valence-corrected chi connectivity index (χ1v) is 6.20. The maximum atomic E-state index is 2.57. The molecule has 2 rings (SSSR count). The van der Waals surface area contributed by atoms with Crippen LogP contribution in [0.2, 0.25) is 0 Å². The van der Waals surface area contributed by atoms with E-state index in [1.54, 1.807) is 0 Å². The van der Waals surface area contributed by atoms with E-state index in [0.29, 0.717) is 0 Å². The van der Waals surface area contributed by atoms with E-state index >= 15 is 0 Å². The lowest BCUT2D eigenvalue weighted by molar-refractivity contribution is -0.0310. The van der Waals surface area contributed by atoms with E-state index in [9.17, 15) is 0 Å². The van der Waals surface area contributed by atoms with Crippen molar-refractivity contribution in [3.05, 3.63) is 0 Å². The molecule has 0 aromatic rings. The Labute approximate surface area is 79.3 Å². The highest BCUT2D eigenvalue weighted by Gasteiger charge is 2.19. The molecule has 3 heteroatoms. The molecule has 0 aromatic heterocycles. The zero-order valence-electron chi connectivity index (χ0n) is 7.67.